The van der Waals surface area contributed by atoms with E-state index >= 15 is 0 Å². The molecule has 0 aliphatic rings. The lowest BCUT2D eigenvalue weighted by atomic mass is 10.2. The topological polar surface area (TPSA) is 34.4 Å². The van der Waals surface area contributed by atoms with Gasteiger partial charge in [-0.2, -0.15) is 0 Å². The van der Waals surface area contributed by atoms with E-state index in [9.17, 15) is 5.11 Å². The van der Waals surface area contributed by atoms with Crippen LogP contribution in [0.1, 0.15) is 5.56 Å². The van der Waals surface area contributed by atoms with Gasteiger partial charge in [-0.05, 0) is 46.4 Å². The summed E-state index contributed by atoms with van der Waals surface area (Å²) in [4.78, 5) is 0. The van der Waals surface area contributed by atoms with Crippen molar-refractivity contribution in [3.63, 3.8) is 0 Å². The maximum atomic E-state index is 10.4. The molecule has 3 rings (SSSR count). The highest BCUT2D eigenvalue weighted by Crippen LogP contribution is 2.31. The third-order valence-electron chi connectivity index (χ3n) is 3.32. The van der Waals surface area contributed by atoms with Crippen molar-refractivity contribution in [3.05, 3.63) is 57.8 Å². The predicted molar refractivity (Wildman–Crippen MR) is 88.4 cm³/mol. The molecular weight excluding hydrogens is 365 g/mol. The number of fused-ring (bicyclic) bond motifs is 1. The number of ether oxygens (including phenoxy) is 1. The fourth-order valence-corrected chi connectivity index (χ4v) is 3.11. The second-order valence-electron chi connectivity index (χ2n) is 4.64. The number of aromatic hydroxyl groups is 1. The maximum absolute atomic E-state index is 10.4. The molecule has 0 spiro atoms. The summed E-state index contributed by atoms with van der Waals surface area (Å²) in [6.07, 6.45) is 1.98. The predicted octanol–water partition coefficient (Wildman–Crippen LogP) is 4.01. The first-order chi connectivity index (χ1) is 9.69. The number of methoxy groups -OCH3 is 1. The van der Waals surface area contributed by atoms with Gasteiger partial charge in [0, 0.05) is 15.2 Å². The van der Waals surface area contributed by atoms with E-state index in [1.807, 2.05) is 53.2 Å². The van der Waals surface area contributed by atoms with Gasteiger partial charge < -0.3 is 14.4 Å². The molecule has 0 bridgehead atoms. The van der Waals surface area contributed by atoms with Crippen molar-refractivity contribution in [2.24, 2.45) is 0 Å². The van der Waals surface area contributed by atoms with Crippen LogP contribution < -0.4 is 4.74 Å². The van der Waals surface area contributed by atoms with Crippen molar-refractivity contribution in [2.75, 3.05) is 7.11 Å². The van der Waals surface area contributed by atoms with Gasteiger partial charge in [-0.3, -0.25) is 0 Å². The zero-order valence-electron chi connectivity index (χ0n) is 11.0. The summed E-state index contributed by atoms with van der Waals surface area (Å²) in [6, 6.07) is 13.9. The standard InChI is InChI=1S/C16H14INO2/c1-20-13-6-2-4-11(8-13)9-18-10-12-5-3-7-14(17)15(12)16(18)19/h2-8,10,19H,9H2,1H3. The van der Waals surface area contributed by atoms with Crippen molar-refractivity contribution < 1.29 is 9.84 Å². The summed E-state index contributed by atoms with van der Waals surface area (Å²) in [7, 11) is 1.66. The first-order valence-corrected chi connectivity index (χ1v) is 7.36. The van der Waals surface area contributed by atoms with Crippen LogP contribution in [0.5, 0.6) is 11.6 Å². The first-order valence-electron chi connectivity index (χ1n) is 6.28. The smallest absolute Gasteiger partial charge is 0.200 e. The Kier molecular flexibility index (Phi) is 3.56. The van der Waals surface area contributed by atoms with Gasteiger partial charge in [0.05, 0.1) is 19.0 Å². The molecule has 0 saturated carbocycles. The number of halogens is 1. The Bertz CT molecular complexity index is 764. The van der Waals surface area contributed by atoms with Gasteiger partial charge in [0.15, 0.2) is 5.88 Å². The average Bonchev–Trinajstić information content (AvgIpc) is 2.77. The molecule has 1 N–H and O–H groups in total. The highest BCUT2D eigenvalue weighted by atomic mass is 127. The lowest BCUT2D eigenvalue weighted by Gasteiger charge is -2.07. The highest BCUT2D eigenvalue weighted by Gasteiger charge is 2.11. The zero-order chi connectivity index (χ0) is 14.1. The average molecular weight is 379 g/mol. The monoisotopic (exact) mass is 379 g/mol. The summed E-state index contributed by atoms with van der Waals surface area (Å²) >= 11 is 2.25. The Morgan fingerprint density at radius 1 is 1.20 bits per heavy atom. The lowest BCUT2D eigenvalue weighted by Crippen LogP contribution is -1.97. The second-order valence-corrected chi connectivity index (χ2v) is 5.80. The van der Waals surface area contributed by atoms with Crippen LogP contribution in [0.3, 0.4) is 0 Å². The minimum absolute atomic E-state index is 0.313. The van der Waals surface area contributed by atoms with Gasteiger partial charge in [-0.25, -0.2) is 0 Å². The van der Waals surface area contributed by atoms with Crippen molar-refractivity contribution in [3.8, 4) is 11.6 Å². The molecule has 0 amide bonds. The van der Waals surface area contributed by atoms with Crippen LogP contribution in [0.2, 0.25) is 0 Å². The number of nitrogens with zero attached hydrogens (tertiary/aromatic N) is 1. The molecule has 1 heterocycles. The van der Waals surface area contributed by atoms with E-state index in [4.69, 9.17) is 4.74 Å². The molecule has 4 heteroatoms. The van der Waals surface area contributed by atoms with E-state index < -0.39 is 0 Å². The Labute approximate surface area is 130 Å². The summed E-state index contributed by atoms with van der Waals surface area (Å²) in [5.74, 6) is 1.14. The molecular formula is C16H14INO2. The molecule has 102 valence electrons. The van der Waals surface area contributed by atoms with E-state index in [2.05, 4.69) is 22.6 Å². The van der Waals surface area contributed by atoms with E-state index in [0.29, 0.717) is 12.4 Å². The van der Waals surface area contributed by atoms with E-state index in [1.165, 1.54) is 0 Å². The molecule has 0 aliphatic heterocycles. The van der Waals surface area contributed by atoms with Crippen molar-refractivity contribution in [1.82, 2.24) is 4.57 Å². The van der Waals surface area contributed by atoms with Crippen molar-refractivity contribution in [1.29, 1.82) is 0 Å². The largest absolute Gasteiger partial charge is 0.497 e. The van der Waals surface area contributed by atoms with Crippen LogP contribution in [0.15, 0.2) is 48.7 Å². The number of aromatic nitrogens is 1. The molecule has 3 nitrogen and oxygen atoms in total. The van der Waals surface area contributed by atoms with Crippen LogP contribution in [0, 0.1) is 3.57 Å². The molecule has 0 unspecified atom stereocenters. The van der Waals surface area contributed by atoms with Crippen molar-refractivity contribution >= 4 is 33.4 Å². The van der Waals surface area contributed by atoms with Gasteiger partial charge >= 0.3 is 0 Å². The lowest BCUT2D eigenvalue weighted by molar-refractivity contribution is 0.413. The number of benzene rings is 2. The highest BCUT2D eigenvalue weighted by molar-refractivity contribution is 14.1. The van der Waals surface area contributed by atoms with Crippen molar-refractivity contribution in [2.45, 2.75) is 6.54 Å². The van der Waals surface area contributed by atoms with Crippen LogP contribution in [-0.2, 0) is 6.54 Å². The van der Waals surface area contributed by atoms with E-state index in [-0.39, 0.29) is 0 Å². The summed E-state index contributed by atoms with van der Waals surface area (Å²) in [5, 5.41) is 12.4. The molecule has 0 fully saturated rings. The first kappa shape index (κ1) is 13.3. The molecule has 20 heavy (non-hydrogen) atoms. The Balaban J connectivity index is 2.02. The summed E-state index contributed by atoms with van der Waals surface area (Å²) < 4.78 is 8.15. The minimum Gasteiger partial charge on any atom is -0.497 e. The zero-order valence-corrected chi connectivity index (χ0v) is 13.2. The van der Waals surface area contributed by atoms with Crippen LogP contribution in [0.4, 0.5) is 0 Å². The van der Waals surface area contributed by atoms with E-state index in [1.54, 1.807) is 7.11 Å². The third-order valence-corrected chi connectivity index (χ3v) is 4.22. The molecule has 3 aromatic rings. The molecule has 0 radical (unpaired) electrons. The van der Waals surface area contributed by atoms with E-state index in [0.717, 1.165) is 25.7 Å². The molecule has 0 saturated heterocycles. The van der Waals surface area contributed by atoms with Gasteiger partial charge in [-0.15, -0.1) is 0 Å². The number of rotatable bonds is 3. The Morgan fingerprint density at radius 3 is 2.75 bits per heavy atom. The molecule has 2 aromatic carbocycles. The molecule has 0 aliphatic carbocycles. The molecule has 0 atom stereocenters. The number of hydrogen-bond donors (Lipinski definition) is 1. The summed E-state index contributed by atoms with van der Waals surface area (Å²) in [6.45, 7) is 0.619. The maximum Gasteiger partial charge on any atom is 0.200 e. The second kappa shape index (κ2) is 5.36. The third kappa shape index (κ3) is 2.35. The van der Waals surface area contributed by atoms with Crippen LogP contribution in [0.25, 0.3) is 10.8 Å². The van der Waals surface area contributed by atoms with Gasteiger partial charge in [0.1, 0.15) is 5.75 Å². The Hall–Kier alpha value is -1.69. The van der Waals surface area contributed by atoms with Gasteiger partial charge in [0.25, 0.3) is 0 Å². The normalized spacial score (nSPS) is 10.9. The minimum atomic E-state index is 0.313. The van der Waals surface area contributed by atoms with Crippen LogP contribution in [-0.4, -0.2) is 16.8 Å². The van der Waals surface area contributed by atoms with Gasteiger partial charge in [0.2, 0.25) is 0 Å². The summed E-state index contributed by atoms with van der Waals surface area (Å²) in [5.41, 5.74) is 1.09. The Morgan fingerprint density at radius 2 is 2.00 bits per heavy atom. The molecule has 1 aromatic heterocycles. The SMILES string of the molecule is COc1cccc(Cn2cc3cccc(I)c3c2O)c1. The fraction of sp³-hybridized carbons (Fsp3) is 0.125. The van der Waals surface area contributed by atoms with Gasteiger partial charge in [-0.1, -0.05) is 24.3 Å². The quantitative estimate of drug-likeness (QED) is 0.698. The van der Waals surface area contributed by atoms with Crippen LogP contribution >= 0.6 is 22.6 Å². The number of hydrogen-bond acceptors (Lipinski definition) is 2. The fourth-order valence-electron chi connectivity index (χ4n) is 2.34.